The quantitative estimate of drug-likeness (QED) is 0.809. The number of para-hydroxylation sites is 1. The van der Waals surface area contributed by atoms with Gasteiger partial charge >= 0.3 is 0 Å². The van der Waals surface area contributed by atoms with Crippen LogP contribution in [0, 0.1) is 0 Å². The molecule has 1 aliphatic heterocycles. The van der Waals surface area contributed by atoms with Gasteiger partial charge in [0.05, 0.1) is 5.56 Å². The molecule has 24 heavy (non-hydrogen) atoms. The second-order valence-electron chi connectivity index (χ2n) is 5.24. The van der Waals surface area contributed by atoms with Crippen LogP contribution in [0.1, 0.15) is 16.8 Å². The van der Waals surface area contributed by atoms with E-state index in [9.17, 15) is 9.59 Å². The number of nitrogens with zero attached hydrogens (tertiary/aromatic N) is 2. The topological polar surface area (TPSA) is 91.8 Å². The van der Waals surface area contributed by atoms with E-state index in [0.29, 0.717) is 30.0 Å². The first-order valence-corrected chi connectivity index (χ1v) is 7.62. The van der Waals surface area contributed by atoms with Gasteiger partial charge < -0.3 is 15.2 Å². The zero-order chi connectivity index (χ0) is 16.9. The molecule has 0 atom stereocenters. The number of ether oxygens (including phenoxy) is 1. The van der Waals surface area contributed by atoms with Crippen LogP contribution in [0.3, 0.4) is 0 Å². The van der Waals surface area contributed by atoms with Gasteiger partial charge in [-0.25, -0.2) is 4.98 Å². The van der Waals surface area contributed by atoms with Crippen molar-refractivity contribution in [3.8, 4) is 11.6 Å². The van der Waals surface area contributed by atoms with Crippen LogP contribution in [0.4, 0.5) is 5.69 Å². The number of anilines is 1. The van der Waals surface area contributed by atoms with E-state index in [2.05, 4.69) is 10.3 Å². The summed E-state index contributed by atoms with van der Waals surface area (Å²) in [5.74, 6) is 0.0465. The highest BCUT2D eigenvalue weighted by atomic mass is 16.5. The normalized spacial score (nSPS) is 12.7. The second kappa shape index (κ2) is 7.10. The van der Waals surface area contributed by atoms with Crippen LogP contribution in [0.5, 0.6) is 11.6 Å². The number of benzene rings is 1. The number of aliphatic hydroxyl groups is 1. The third-order valence-corrected chi connectivity index (χ3v) is 3.57. The van der Waals surface area contributed by atoms with Crippen molar-refractivity contribution in [2.75, 3.05) is 24.6 Å². The number of amides is 2. The van der Waals surface area contributed by atoms with Gasteiger partial charge in [-0.2, -0.15) is 0 Å². The number of hydrogen-bond donors (Lipinski definition) is 2. The molecular formula is C17H17N3O4. The molecule has 1 aromatic carbocycles. The molecule has 0 saturated carbocycles. The second-order valence-corrected chi connectivity index (χ2v) is 5.24. The summed E-state index contributed by atoms with van der Waals surface area (Å²) in [6, 6.07) is 10.2. The molecule has 0 saturated heterocycles. The molecule has 0 aliphatic carbocycles. The van der Waals surface area contributed by atoms with Gasteiger partial charge in [-0.1, -0.05) is 12.1 Å². The zero-order valence-electron chi connectivity index (χ0n) is 12.9. The number of hydrogen-bond acceptors (Lipinski definition) is 5. The fraction of sp³-hybridized carbons (Fsp3) is 0.235. The molecule has 0 radical (unpaired) electrons. The van der Waals surface area contributed by atoms with Crippen LogP contribution in [0.2, 0.25) is 0 Å². The van der Waals surface area contributed by atoms with Crippen molar-refractivity contribution in [2.24, 2.45) is 0 Å². The van der Waals surface area contributed by atoms with Crippen LogP contribution in [0.25, 0.3) is 0 Å². The van der Waals surface area contributed by atoms with E-state index in [4.69, 9.17) is 9.84 Å². The van der Waals surface area contributed by atoms with Crippen molar-refractivity contribution in [1.82, 2.24) is 10.3 Å². The maximum Gasteiger partial charge on any atom is 0.262 e. The van der Waals surface area contributed by atoms with Gasteiger partial charge in [0.25, 0.3) is 5.91 Å². The lowest BCUT2D eigenvalue weighted by molar-refractivity contribution is -0.119. The summed E-state index contributed by atoms with van der Waals surface area (Å²) >= 11 is 0. The Hall–Kier alpha value is -2.93. The molecule has 2 aromatic rings. The van der Waals surface area contributed by atoms with Crippen molar-refractivity contribution in [3.05, 3.63) is 48.2 Å². The monoisotopic (exact) mass is 327 g/mol. The molecule has 0 unspecified atom stereocenters. The van der Waals surface area contributed by atoms with Gasteiger partial charge in [0.1, 0.15) is 18.0 Å². The highest BCUT2D eigenvalue weighted by Crippen LogP contribution is 2.36. The predicted molar refractivity (Wildman–Crippen MR) is 87.1 cm³/mol. The highest BCUT2D eigenvalue weighted by molar-refractivity contribution is 6.11. The molecular weight excluding hydrogens is 310 g/mol. The maximum atomic E-state index is 12.9. The molecule has 2 N–H and O–H groups in total. The molecule has 1 aliphatic rings. The van der Waals surface area contributed by atoms with E-state index in [0.717, 1.165) is 0 Å². The average molecular weight is 327 g/mol. The third-order valence-electron chi connectivity index (χ3n) is 3.57. The van der Waals surface area contributed by atoms with Crippen molar-refractivity contribution < 1.29 is 19.4 Å². The van der Waals surface area contributed by atoms with Gasteiger partial charge in [-0.3, -0.25) is 14.5 Å². The number of aliphatic hydroxyl groups excluding tert-OH is 1. The highest BCUT2D eigenvalue weighted by Gasteiger charge is 2.29. The molecule has 7 heteroatoms. The lowest BCUT2D eigenvalue weighted by atomic mass is 10.1. The Morgan fingerprint density at radius 1 is 1.25 bits per heavy atom. The fourth-order valence-electron chi connectivity index (χ4n) is 2.42. The Morgan fingerprint density at radius 2 is 2.08 bits per heavy atom. The first-order valence-electron chi connectivity index (χ1n) is 7.62. The van der Waals surface area contributed by atoms with Crippen LogP contribution >= 0.6 is 0 Å². The van der Waals surface area contributed by atoms with Gasteiger partial charge in [0, 0.05) is 19.3 Å². The summed E-state index contributed by atoms with van der Waals surface area (Å²) in [7, 11) is 0. The Labute approximate surface area is 138 Å². The van der Waals surface area contributed by atoms with Gasteiger partial charge in [-0.15, -0.1) is 0 Å². The number of carbonyl (C=O) groups is 2. The van der Waals surface area contributed by atoms with E-state index in [1.54, 1.807) is 42.6 Å². The minimum Gasteiger partial charge on any atom is -0.436 e. The molecule has 0 bridgehead atoms. The van der Waals surface area contributed by atoms with Crippen LogP contribution in [0.15, 0.2) is 42.6 Å². The SMILES string of the molecule is O=C(CN1C(=O)c2ccccc2Oc2ncccc21)NCCCO. The van der Waals surface area contributed by atoms with Gasteiger partial charge in [0.15, 0.2) is 0 Å². The Morgan fingerprint density at radius 3 is 2.92 bits per heavy atom. The Kier molecular flexibility index (Phi) is 4.72. The molecule has 0 spiro atoms. The van der Waals surface area contributed by atoms with Gasteiger partial charge in [0.2, 0.25) is 11.8 Å². The standard InChI is InChI=1S/C17H17N3O4/c21-10-4-9-18-15(22)11-20-13-6-3-8-19-16(13)24-14-7-2-1-5-12(14)17(20)23/h1-3,5-8,21H,4,9-11H2,(H,18,22). The van der Waals surface area contributed by atoms with E-state index in [-0.39, 0.29) is 30.8 Å². The van der Waals surface area contributed by atoms with E-state index < -0.39 is 0 Å². The number of fused-ring (bicyclic) bond motifs is 2. The first-order chi connectivity index (χ1) is 11.7. The molecule has 3 rings (SSSR count). The lowest BCUT2D eigenvalue weighted by Gasteiger charge is -2.20. The molecule has 0 fully saturated rings. The third kappa shape index (κ3) is 3.21. The maximum absolute atomic E-state index is 12.9. The zero-order valence-corrected chi connectivity index (χ0v) is 12.9. The number of nitrogens with one attached hydrogen (secondary N) is 1. The van der Waals surface area contributed by atoms with E-state index in [1.807, 2.05) is 0 Å². The fourth-order valence-corrected chi connectivity index (χ4v) is 2.42. The minimum absolute atomic E-state index is 0.00308. The summed E-state index contributed by atoms with van der Waals surface area (Å²) in [6.07, 6.45) is 2.03. The molecule has 2 heterocycles. The number of aromatic nitrogens is 1. The van der Waals surface area contributed by atoms with E-state index in [1.165, 1.54) is 4.90 Å². The van der Waals surface area contributed by atoms with Crippen molar-refractivity contribution in [3.63, 3.8) is 0 Å². The number of rotatable bonds is 5. The lowest BCUT2D eigenvalue weighted by Crippen LogP contribution is -2.41. The Balaban J connectivity index is 1.92. The van der Waals surface area contributed by atoms with Crippen LogP contribution in [-0.4, -0.2) is 41.6 Å². The van der Waals surface area contributed by atoms with Crippen LogP contribution in [-0.2, 0) is 4.79 Å². The Bertz CT molecular complexity index is 763. The minimum atomic E-state index is -0.324. The largest absolute Gasteiger partial charge is 0.436 e. The molecule has 124 valence electrons. The van der Waals surface area contributed by atoms with Crippen molar-refractivity contribution in [2.45, 2.75) is 6.42 Å². The summed E-state index contributed by atoms with van der Waals surface area (Å²) < 4.78 is 5.74. The smallest absolute Gasteiger partial charge is 0.262 e. The van der Waals surface area contributed by atoms with Crippen molar-refractivity contribution in [1.29, 1.82) is 0 Å². The summed E-state index contributed by atoms with van der Waals surface area (Å²) in [4.78, 5) is 30.5. The predicted octanol–water partition coefficient (Wildman–Crippen LogP) is 1.33. The van der Waals surface area contributed by atoms with Gasteiger partial charge in [-0.05, 0) is 30.7 Å². The molecule has 2 amide bonds. The van der Waals surface area contributed by atoms with Crippen LogP contribution < -0.4 is 15.0 Å². The average Bonchev–Trinajstić information content (AvgIpc) is 2.71. The molecule has 7 nitrogen and oxygen atoms in total. The van der Waals surface area contributed by atoms with E-state index >= 15 is 0 Å². The number of carbonyl (C=O) groups excluding carboxylic acids is 2. The number of pyridine rings is 1. The molecule has 1 aromatic heterocycles. The summed E-state index contributed by atoms with van der Waals surface area (Å²) in [6.45, 7) is 0.196. The summed E-state index contributed by atoms with van der Waals surface area (Å²) in [5, 5.41) is 11.5. The summed E-state index contributed by atoms with van der Waals surface area (Å²) in [5.41, 5.74) is 0.815. The first kappa shape index (κ1) is 15.9. The van der Waals surface area contributed by atoms with Crippen molar-refractivity contribution >= 4 is 17.5 Å².